The Morgan fingerprint density at radius 3 is 2.84 bits per heavy atom. The maximum atomic E-state index is 12.8. The standard InChI is InChI=1S/C18H15N5O6S3/c24-10-3-1-2-8(4-10)11(22-29)14(25)20-12-15(26)23-13(17(27)28)9(5-30-16(12)23)6-31-18-21-19-7-32-18/h1-4,7,12,16,24,29H,5-6H2,(H,20,25)(H,27,28)/t12?,16-/m0/s1. The first kappa shape index (κ1) is 22.1. The first-order valence-electron chi connectivity index (χ1n) is 9.02. The topological polar surface area (TPSA) is 165 Å². The van der Waals surface area contributed by atoms with Gasteiger partial charge in [0.25, 0.3) is 11.8 Å². The van der Waals surface area contributed by atoms with Gasteiger partial charge in [-0.05, 0) is 17.7 Å². The molecule has 1 saturated heterocycles. The van der Waals surface area contributed by atoms with Crippen molar-refractivity contribution in [2.45, 2.75) is 15.8 Å². The molecule has 3 heterocycles. The lowest BCUT2D eigenvalue weighted by molar-refractivity contribution is -0.150. The van der Waals surface area contributed by atoms with Gasteiger partial charge in [0.05, 0.1) is 0 Å². The number of fused-ring (bicyclic) bond motifs is 1. The highest BCUT2D eigenvalue weighted by Crippen LogP contribution is 2.41. The lowest BCUT2D eigenvalue weighted by atomic mass is 10.0. The minimum atomic E-state index is -1.22. The molecular weight excluding hydrogens is 478 g/mol. The normalized spacial score (nSPS) is 20.6. The Balaban J connectivity index is 1.49. The van der Waals surface area contributed by atoms with Crippen molar-refractivity contribution < 1.29 is 29.8 Å². The van der Waals surface area contributed by atoms with Crippen LogP contribution in [0.4, 0.5) is 0 Å². The van der Waals surface area contributed by atoms with E-state index in [0.717, 1.165) is 0 Å². The van der Waals surface area contributed by atoms with Crippen LogP contribution in [0.5, 0.6) is 5.75 Å². The summed E-state index contributed by atoms with van der Waals surface area (Å²) in [7, 11) is 0. The van der Waals surface area contributed by atoms with Gasteiger partial charge in [-0.15, -0.1) is 22.0 Å². The molecule has 4 rings (SSSR count). The highest BCUT2D eigenvalue weighted by Gasteiger charge is 2.54. The lowest BCUT2D eigenvalue weighted by Gasteiger charge is -2.49. The number of rotatable bonds is 7. The zero-order chi connectivity index (χ0) is 22.8. The van der Waals surface area contributed by atoms with Gasteiger partial charge in [0.15, 0.2) is 10.1 Å². The van der Waals surface area contributed by atoms with Crippen molar-refractivity contribution in [2.75, 3.05) is 11.5 Å². The SMILES string of the molecule is O=C(O)C1=C(CSc2nncs2)CS[C@H]2C(NC(=O)C(=NO)c3cccc(O)c3)C(=O)N12. The zero-order valence-electron chi connectivity index (χ0n) is 16.0. The molecule has 32 heavy (non-hydrogen) atoms. The number of carboxylic acids is 1. The van der Waals surface area contributed by atoms with Crippen LogP contribution >= 0.6 is 34.9 Å². The zero-order valence-corrected chi connectivity index (χ0v) is 18.5. The van der Waals surface area contributed by atoms with E-state index in [1.807, 2.05) is 0 Å². The van der Waals surface area contributed by atoms with Crippen LogP contribution in [0.3, 0.4) is 0 Å². The van der Waals surface area contributed by atoms with Gasteiger partial charge in [0.1, 0.15) is 28.4 Å². The summed E-state index contributed by atoms with van der Waals surface area (Å²) < 4.78 is 0.692. The number of benzene rings is 1. The number of oxime groups is 1. The molecule has 166 valence electrons. The number of phenols is 1. The predicted octanol–water partition coefficient (Wildman–Crippen LogP) is 0.953. The number of nitrogens with one attached hydrogen (secondary N) is 1. The maximum absolute atomic E-state index is 12.8. The summed E-state index contributed by atoms with van der Waals surface area (Å²) in [5.74, 6) is -2.04. The van der Waals surface area contributed by atoms with Crippen LogP contribution in [0.15, 0.2) is 50.5 Å². The van der Waals surface area contributed by atoms with Crippen molar-refractivity contribution in [3.05, 3.63) is 46.6 Å². The molecule has 2 aliphatic rings. The second-order valence-corrected chi connectivity index (χ2v) is 9.77. The molecule has 0 spiro atoms. The Morgan fingerprint density at radius 2 is 2.19 bits per heavy atom. The minimum absolute atomic E-state index is 0.0923. The Bertz CT molecular complexity index is 1140. The van der Waals surface area contributed by atoms with E-state index in [9.17, 15) is 29.8 Å². The smallest absolute Gasteiger partial charge is 0.352 e. The number of nitrogens with zero attached hydrogens (tertiary/aromatic N) is 4. The van der Waals surface area contributed by atoms with Gasteiger partial charge in [-0.25, -0.2) is 4.79 Å². The van der Waals surface area contributed by atoms with E-state index in [1.54, 1.807) is 5.51 Å². The third-order valence-corrected chi connectivity index (χ3v) is 7.97. The van der Waals surface area contributed by atoms with Crippen LogP contribution in [-0.4, -0.2) is 76.9 Å². The maximum Gasteiger partial charge on any atom is 0.352 e. The van der Waals surface area contributed by atoms with E-state index >= 15 is 0 Å². The summed E-state index contributed by atoms with van der Waals surface area (Å²) in [6.07, 6.45) is 0. The van der Waals surface area contributed by atoms with E-state index in [1.165, 1.54) is 64.0 Å². The van der Waals surface area contributed by atoms with Crippen LogP contribution in [-0.2, 0) is 14.4 Å². The second-order valence-electron chi connectivity index (χ2n) is 6.61. The molecule has 0 radical (unpaired) electrons. The average Bonchev–Trinajstić information content (AvgIpc) is 3.29. The predicted molar refractivity (Wildman–Crippen MR) is 117 cm³/mol. The molecule has 11 nitrogen and oxygen atoms in total. The summed E-state index contributed by atoms with van der Waals surface area (Å²) in [6, 6.07) is 4.59. The van der Waals surface area contributed by atoms with Crippen molar-refractivity contribution in [1.82, 2.24) is 20.4 Å². The third kappa shape index (κ3) is 4.16. The number of aromatic hydroxyl groups is 1. The number of carbonyl (C=O) groups excluding carboxylic acids is 2. The van der Waals surface area contributed by atoms with Crippen molar-refractivity contribution in [3.8, 4) is 5.75 Å². The quantitative estimate of drug-likeness (QED) is 0.143. The van der Waals surface area contributed by atoms with Gasteiger partial charge in [0.2, 0.25) is 0 Å². The van der Waals surface area contributed by atoms with Gasteiger partial charge < -0.3 is 20.7 Å². The number of hydrogen-bond acceptors (Lipinski definition) is 11. The summed E-state index contributed by atoms with van der Waals surface area (Å²) in [6.45, 7) is 0. The van der Waals surface area contributed by atoms with E-state index in [2.05, 4.69) is 20.7 Å². The minimum Gasteiger partial charge on any atom is -0.508 e. The number of β-lactam (4-membered cyclic amide) rings is 1. The molecule has 0 bridgehead atoms. The fraction of sp³-hybridized carbons (Fsp3) is 0.222. The third-order valence-electron chi connectivity index (χ3n) is 4.68. The number of hydrogen-bond donors (Lipinski definition) is 4. The first-order chi connectivity index (χ1) is 15.4. The largest absolute Gasteiger partial charge is 0.508 e. The summed E-state index contributed by atoms with van der Waals surface area (Å²) in [4.78, 5) is 38.4. The molecule has 2 amide bonds. The summed E-state index contributed by atoms with van der Waals surface area (Å²) in [5, 5.41) is 41.1. The Morgan fingerprint density at radius 1 is 1.38 bits per heavy atom. The molecule has 1 aromatic carbocycles. The highest BCUT2D eigenvalue weighted by molar-refractivity contribution is 8.01. The molecule has 4 N–H and O–H groups in total. The first-order valence-corrected chi connectivity index (χ1v) is 11.9. The van der Waals surface area contributed by atoms with Crippen molar-refractivity contribution >= 4 is 58.4 Å². The number of amides is 2. The van der Waals surface area contributed by atoms with Crippen LogP contribution < -0.4 is 5.32 Å². The van der Waals surface area contributed by atoms with Crippen molar-refractivity contribution in [2.24, 2.45) is 5.16 Å². The number of carbonyl (C=O) groups is 3. The summed E-state index contributed by atoms with van der Waals surface area (Å²) >= 11 is 4.01. The molecule has 1 aromatic heterocycles. The van der Waals surface area contributed by atoms with Gasteiger partial charge in [-0.1, -0.05) is 40.4 Å². The van der Waals surface area contributed by atoms with Gasteiger partial charge in [-0.3, -0.25) is 14.5 Å². The number of phenolic OH excluding ortho intramolecular Hbond substituents is 1. The highest BCUT2D eigenvalue weighted by atomic mass is 32.2. The van der Waals surface area contributed by atoms with E-state index in [4.69, 9.17) is 0 Å². The molecule has 14 heteroatoms. The van der Waals surface area contributed by atoms with Crippen molar-refractivity contribution in [3.63, 3.8) is 0 Å². The molecule has 2 atom stereocenters. The molecule has 1 fully saturated rings. The molecule has 0 saturated carbocycles. The fourth-order valence-electron chi connectivity index (χ4n) is 3.27. The van der Waals surface area contributed by atoms with Crippen LogP contribution in [0, 0.1) is 0 Å². The Labute approximate surface area is 193 Å². The number of carboxylic acid groups (broad SMARTS) is 1. The molecular formula is C18H15N5O6S3. The van der Waals surface area contributed by atoms with Crippen molar-refractivity contribution in [1.29, 1.82) is 0 Å². The van der Waals surface area contributed by atoms with Crippen LogP contribution in [0.25, 0.3) is 0 Å². The van der Waals surface area contributed by atoms with Crippen LogP contribution in [0.1, 0.15) is 5.56 Å². The molecule has 2 aliphatic heterocycles. The Kier molecular flexibility index (Phi) is 6.34. The van der Waals surface area contributed by atoms with Crippen LogP contribution in [0.2, 0.25) is 0 Å². The van der Waals surface area contributed by atoms with E-state index in [-0.39, 0.29) is 22.7 Å². The van der Waals surface area contributed by atoms with Gasteiger partial charge in [-0.2, -0.15) is 0 Å². The monoisotopic (exact) mass is 493 g/mol. The van der Waals surface area contributed by atoms with Gasteiger partial charge >= 0.3 is 5.97 Å². The molecule has 0 aliphatic carbocycles. The fourth-order valence-corrected chi connectivity index (χ4v) is 6.24. The second kappa shape index (κ2) is 9.18. The molecule has 1 unspecified atom stereocenters. The van der Waals surface area contributed by atoms with E-state index in [0.29, 0.717) is 21.4 Å². The molecule has 2 aromatic rings. The number of thioether (sulfide) groups is 2. The Hall–Kier alpha value is -3.10. The average molecular weight is 494 g/mol. The number of aliphatic carboxylic acids is 1. The van der Waals surface area contributed by atoms with E-state index < -0.39 is 29.2 Å². The lowest BCUT2D eigenvalue weighted by Crippen LogP contribution is -2.71. The van der Waals surface area contributed by atoms with Gasteiger partial charge in [0, 0.05) is 17.1 Å². The number of aromatic nitrogens is 2. The summed E-state index contributed by atoms with van der Waals surface area (Å²) in [5.41, 5.74) is 1.84.